The molecule has 1 aromatic carbocycles. The van der Waals surface area contributed by atoms with Crippen molar-refractivity contribution in [1.29, 1.82) is 0 Å². The summed E-state index contributed by atoms with van der Waals surface area (Å²) in [6.07, 6.45) is 11.5. The molecule has 34 heavy (non-hydrogen) atoms. The number of fused-ring (bicyclic) bond motifs is 1. The van der Waals surface area contributed by atoms with Gasteiger partial charge in [0.15, 0.2) is 0 Å². The molecule has 0 saturated carbocycles. The highest BCUT2D eigenvalue weighted by Gasteiger charge is 2.12. The number of piperidine rings is 1. The molecule has 3 N–H and O–H groups in total. The summed E-state index contributed by atoms with van der Waals surface area (Å²) >= 11 is 0. The fourth-order valence-corrected chi connectivity index (χ4v) is 4.42. The van der Waals surface area contributed by atoms with Crippen LogP contribution in [0.25, 0.3) is 10.8 Å². The maximum Gasteiger partial charge on any atom is 0.253 e. The van der Waals surface area contributed by atoms with Crippen LogP contribution in [-0.4, -0.2) is 33.9 Å². The Kier molecular flexibility index (Phi) is 6.33. The second kappa shape index (κ2) is 9.87. The first-order valence-corrected chi connectivity index (χ1v) is 11.7. The first-order chi connectivity index (χ1) is 16.7. The number of hydrogen-bond donors (Lipinski definition) is 2. The van der Waals surface area contributed by atoms with Gasteiger partial charge in [-0.3, -0.25) is 9.78 Å². The second-order valence-corrected chi connectivity index (χ2v) is 8.77. The lowest BCUT2D eigenvalue weighted by Crippen LogP contribution is -2.30. The van der Waals surface area contributed by atoms with Crippen LogP contribution in [0.15, 0.2) is 67.3 Å². The molecule has 0 radical (unpaired) electrons. The van der Waals surface area contributed by atoms with Crippen molar-refractivity contribution in [3.05, 3.63) is 89.5 Å². The number of pyridine rings is 3. The summed E-state index contributed by atoms with van der Waals surface area (Å²) in [5.74, 6) is 1.40. The van der Waals surface area contributed by atoms with Crippen LogP contribution < -0.4 is 16.0 Å². The zero-order chi connectivity index (χ0) is 23.3. The van der Waals surface area contributed by atoms with Crippen molar-refractivity contribution < 1.29 is 4.79 Å². The van der Waals surface area contributed by atoms with E-state index in [4.69, 9.17) is 5.73 Å². The molecule has 1 saturated heterocycles. The fraction of sp³-hybridized carbons (Fsp3) is 0.259. The predicted octanol–water partition coefficient (Wildman–Crippen LogP) is 4.12. The summed E-state index contributed by atoms with van der Waals surface area (Å²) < 4.78 is 0. The van der Waals surface area contributed by atoms with Crippen molar-refractivity contribution in [1.82, 2.24) is 20.3 Å². The standard InChI is InChI=1S/C27H28N6O/c28-26-24-6-4-20(13-22(24)8-9-30-26)17-32-27(34)23-14-21(15-29-18-23)12-19-5-7-25(31-16-19)33-10-2-1-3-11-33/h4-9,13-16,18H,1-3,10-12,17H2,(H2,28,30)(H,32,34). The van der Waals surface area contributed by atoms with E-state index in [9.17, 15) is 4.79 Å². The van der Waals surface area contributed by atoms with Gasteiger partial charge in [0, 0.05) is 56.2 Å². The van der Waals surface area contributed by atoms with Crippen LogP contribution in [0, 0.1) is 0 Å². The number of nitrogen functional groups attached to an aromatic ring is 1. The lowest BCUT2D eigenvalue weighted by Gasteiger charge is -2.27. The molecule has 0 aliphatic carbocycles. The molecule has 4 heterocycles. The normalized spacial score (nSPS) is 13.7. The summed E-state index contributed by atoms with van der Waals surface area (Å²) in [7, 11) is 0. The quantitative estimate of drug-likeness (QED) is 0.457. The third-order valence-corrected chi connectivity index (χ3v) is 6.27. The Morgan fingerprint density at radius 3 is 2.59 bits per heavy atom. The van der Waals surface area contributed by atoms with E-state index in [1.54, 1.807) is 18.6 Å². The highest BCUT2D eigenvalue weighted by atomic mass is 16.1. The number of rotatable bonds is 6. The first kappa shape index (κ1) is 21.8. The van der Waals surface area contributed by atoms with Crippen LogP contribution in [0.4, 0.5) is 11.6 Å². The second-order valence-electron chi connectivity index (χ2n) is 8.77. The van der Waals surface area contributed by atoms with E-state index in [0.717, 1.165) is 46.4 Å². The molecule has 4 aromatic rings. The molecule has 1 fully saturated rings. The van der Waals surface area contributed by atoms with Crippen LogP contribution >= 0.6 is 0 Å². The molecule has 5 rings (SSSR count). The van der Waals surface area contributed by atoms with Gasteiger partial charge in [-0.2, -0.15) is 0 Å². The number of nitrogens with one attached hydrogen (secondary N) is 1. The predicted molar refractivity (Wildman–Crippen MR) is 135 cm³/mol. The third kappa shape index (κ3) is 4.98. The Balaban J connectivity index is 1.21. The number of carbonyl (C=O) groups excluding carboxylic acids is 1. The molecular weight excluding hydrogens is 424 g/mol. The van der Waals surface area contributed by atoms with Gasteiger partial charge in [0.25, 0.3) is 5.91 Å². The summed E-state index contributed by atoms with van der Waals surface area (Å²) in [6.45, 7) is 2.58. The largest absolute Gasteiger partial charge is 0.383 e. The molecule has 7 heteroatoms. The Bertz CT molecular complexity index is 1300. The van der Waals surface area contributed by atoms with Crippen molar-refractivity contribution >= 4 is 28.3 Å². The van der Waals surface area contributed by atoms with Crippen molar-refractivity contribution in [2.24, 2.45) is 0 Å². The molecule has 1 aliphatic rings. The van der Waals surface area contributed by atoms with Crippen LogP contribution in [0.1, 0.15) is 46.3 Å². The van der Waals surface area contributed by atoms with Gasteiger partial charge in [0.05, 0.1) is 5.56 Å². The van der Waals surface area contributed by atoms with Gasteiger partial charge in [-0.15, -0.1) is 0 Å². The van der Waals surface area contributed by atoms with E-state index in [-0.39, 0.29) is 5.91 Å². The molecule has 0 spiro atoms. The van der Waals surface area contributed by atoms with Gasteiger partial charge in [-0.25, -0.2) is 9.97 Å². The lowest BCUT2D eigenvalue weighted by atomic mass is 10.1. The van der Waals surface area contributed by atoms with Crippen LogP contribution in [0.2, 0.25) is 0 Å². The number of carbonyl (C=O) groups is 1. The van der Waals surface area contributed by atoms with Gasteiger partial charge in [-0.05, 0) is 65.6 Å². The number of amides is 1. The highest BCUT2D eigenvalue weighted by molar-refractivity contribution is 5.94. The van der Waals surface area contributed by atoms with Crippen LogP contribution in [0.3, 0.4) is 0 Å². The molecule has 172 valence electrons. The molecule has 3 aromatic heterocycles. The minimum Gasteiger partial charge on any atom is -0.383 e. The Morgan fingerprint density at radius 2 is 1.76 bits per heavy atom. The van der Waals surface area contributed by atoms with Crippen LogP contribution in [-0.2, 0) is 13.0 Å². The maximum atomic E-state index is 12.8. The highest BCUT2D eigenvalue weighted by Crippen LogP contribution is 2.21. The van der Waals surface area contributed by atoms with Gasteiger partial charge in [-0.1, -0.05) is 18.2 Å². The van der Waals surface area contributed by atoms with Crippen molar-refractivity contribution in [2.45, 2.75) is 32.2 Å². The van der Waals surface area contributed by atoms with E-state index >= 15 is 0 Å². The number of benzene rings is 1. The topological polar surface area (TPSA) is 97.0 Å². The third-order valence-electron chi connectivity index (χ3n) is 6.27. The van der Waals surface area contributed by atoms with E-state index in [1.807, 2.05) is 36.5 Å². The molecule has 0 unspecified atom stereocenters. The molecule has 1 amide bonds. The van der Waals surface area contributed by atoms with E-state index in [0.29, 0.717) is 24.3 Å². The number of aromatic nitrogens is 3. The van der Waals surface area contributed by atoms with Crippen molar-refractivity contribution in [2.75, 3.05) is 23.7 Å². The first-order valence-electron chi connectivity index (χ1n) is 11.7. The fourth-order valence-electron chi connectivity index (χ4n) is 4.42. The number of hydrogen-bond acceptors (Lipinski definition) is 6. The molecular formula is C27H28N6O. The van der Waals surface area contributed by atoms with E-state index in [2.05, 4.69) is 37.3 Å². The summed E-state index contributed by atoms with van der Waals surface area (Å²) in [6, 6.07) is 13.9. The SMILES string of the molecule is Nc1nccc2cc(CNC(=O)c3cncc(Cc4ccc(N5CCCCC5)nc4)c3)ccc12. The van der Waals surface area contributed by atoms with Gasteiger partial charge < -0.3 is 16.0 Å². The number of anilines is 2. The summed E-state index contributed by atoms with van der Waals surface area (Å²) in [5.41, 5.74) is 9.55. The minimum absolute atomic E-state index is 0.151. The zero-order valence-corrected chi connectivity index (χ0v) is 19.1. The number of nitrogens with two attached hydrogens (primary N) is 1. The monoisotopic (exact) mass is 452 g/mol. The Hall–Kier alpha value is -4.00. The molecule has 7 nitrogen and oxygen atoms in total. The molecule has 1 aliphatic heterocycles. The van der Waals surface area contributed by atoms with Crippen molar-refractivity contribution in [3.8, 4) is 0 Å². The average molecular weight is 453 g/mol. The lowest BCUT2D eigenvalue weighted by molar-refractivity contribution is 0.0950. The molecule has 0 atom stereocenters. The average Bonchev–Trinajstić information content (AvgIpc) is 2.88. The summed E-state index contributed by atoms with van der Waals surface area (Å²) in [4.78, 5) is 28.2. The maximum absolute atomic E-state index is 12.8. The van der Waals surface area contributed by atoms with E-state index < -0.39 is 0 Å². The van der Waals surface area contributed by atoms with Gasteiger partial charge in [0.1, 0.15) is 11.6 Å². The minimum atomic E-state index is -0.151. The Morgan fingerprint density at radius 1 is 0.912 bits per heavy atom. The van der Waals surface area contributed by atoms with Gasteiger partial charge in [0.2, 0.25) is 0 Å². The smallest absolute Gasteiger partial charge is 0.253 e. The zero-order valence-electron chi connectivity index (χ0n) is 19.1. The summed E-state index contributed by atoms with van der Waals surface area (Å²) in [5, 5.41) is 4.90. The molecule has 0 bridgehead atoms. The van der Waals surface area contributed by atoms with E-state index in [1.165, 1.54) is 19.3 Å². The van der Waals surface area contributed by atoms with Gasteiger partial charge >= 0.3 is 0 Å². The Labute approximate surface area is 199 Å². The number of nitrogens with zero attached hydrogens (tertiary/aromatic N) is 4. The van der Waals surface area contributed by atoms with Crippen LogP contribution in [0.5, 0.6) is 0 Å². The van der Waals surface area contributed by atoms with Crippen molar-refractivity contribution in [3.63, 3.8) is 0 Å².